The topological polar surface area (TPSA) is 66.0 Å². The molecule has 2 aliphatic rings. The normalized spacial score (nSPS) is 17.6. The minimum Gasteiger partial charge on any atom is -0.486 e. The predicted molar refractivity (Wildman–Crippen MR) is 120 cm³/mol. The molecule has 0 aliphatic carbocycles. The molecule has 0 N–H and O–H groups in total. The van der Waals surface area contributed by atoms with E-state index in [-0.39, 0.29) is 11.8 Å². The average molecular weight is 443 g/mol. The summed E-state index contributed by atoms with van der Waals surface area (Å²) in [4.78, 5) is 35.8. The lowest BCUT2D eigenvalue weighted by molar-refractivity contribution is -0.133. The maximum Gasteiger partial charge on any atom is 0.273 e. The van der Waals surface area contributed by atoms with Gasteiger partial charge in [-0.25, -0.2) is 4.98 Å². The summed E-state index contributed by atoms with van der Waals surface area (Å²) in [7, 11) is 0. The van der Waals surface area contributed by atoms with E-state index < -0.39 is 0 Å². The summed E-state index contributed by atoms with van der Waals surface area (Å²) >= 11 is 1.44. The van der Waals surface area contributed by atoms with Gasteiger partial charge in [0.1, 0.15) is 23.1 Å². The molecule has 166 valence electrons. The largest absolute Gasteiger partial charge is 0.486 e. The van der Waals surface area contributed by atoms with Crippen molar-refractivity contribution in [1.29, 1.82) is 0 Å². The molecule has 8 heteroatoms. The van der Waals surface area contributed by atoms with Crippen LogP contribution in [0.1, 0.15) is 40.3 Å². The van der Waals surface area contributed by atoms with Crippen LogP contribution in [0.25, 0.3) is 0 Å². The molecule has 0 bridgehead atoms. The average Bonchev–Trinajstić information content (AvgIpc) is 3.28. The SMILES string of the molecule is Cc1ccc(OCc2nc(C(=O)N3CCN(CC(=O)N4CCCCC4)CC3)cs2)cc1. The third kappa shape index (κ3) is 5.83. The number of piperazine rings is 1. The Bertz CT molecular complexity index is 884. The minimum absolute atomic E-state index is 0.0418. The van der Waals surface area contributed by atoms with Gasteiger partial charge in [0, 0.05) is 44.6 Å². The first kappa shape index (κ1) is 21.8. The Labute approximate surface area is 187 Å². The van der Waals surface area contributed by atoms with Crippen molar-refractivity contribution in [3.05, 3.63) is 45.9 Å². The number of carbonyl (C=O) groups excluding carboxylic acids is 2. The highest BCUT2D eigenvalue weighted by Gasteiger charge is 2.26. The number of benzene rings is 1. The Kier molecular flexibility index (Phi) is 7.19. The van der Waals surface area contributed by atoms with Crippen LogP contribution in [-0.2, 0) is 11.4 Å². The number of rotatable bonds is 6. The summed E-state index contributed by atoms with van der Waals surface area (Å²) in [6, 6.07) is 7.88. The highest BCUT2D eigenvalue weighted by atomic mass is 32.1. The van der Waals surface area contributed by atoms with E-state index in [1.165, 1.54) is 23.3 Å². The summed E-state index contributed by atoms with van der Waals surface area (Å²) in [5.41, 5.74) is 1.66. The standard InChI is InChI=1S/C23H30N4O3S/c1-18-5-7-19(8-6-18)30-16-21-24-20(17-31-21)23(29)27-13-11-25(12-14-27)15-22(28)26-9-3-2-4-10-26/h5-8,17H,2-4,9-16H2,1H3. The van der Waals surface area contributed by atoms with Crippen LogP contribution in [0.3, 0.4) is 0 Å². The van der Waals surface area contributed by atoms with Gasteiger partial charge < -0.3 is 14.5 Å². The number of carbonyl (C=O) groups is 2. The molecule has 2 amide bonds. The number of likely N-dealkylation sites (tertiary alicyclic amines) is 1. The Morgan fingerprint density at radius 2 is 1.68 bits per heavy atom. The highest BCUT2D eigenvalue weighted by molar-refractivity contribution is 7.09. The first-order valence-corrected chi connectivity index (χ1v) is 11.9. The number of hydrogen-bond donors (Lipinski definition) is 0. The van der Waals surface area contributed by atoms with Crippen LogP contribution < -0.4 is 4.74 Å². The molecule has 2 fully saturated rings. The lowest BCUT2D eigenvalue weighted by atomic mass is 10.1. The van der Waals surface area contributed by atoms with Gasteiger partial charge >= 0.3 is 0 Å². The van der Waals surface area contributed by atoms with Crippen molar-refractivity contribution in [2.24, 2.45) is 0 Å². The van der Waals surface area contributed by atoms with Gasteiger partial charge in [0.2, 0.25) is 5.91 Å². The number of ether oxygens (including phenoxy) is 1. The van der Waals surface area contributed by atoms with E-state index in [2.05, 4.69) is 9.88 Å². The summed E-state index contributed by atoms with van der Waals surface area (Å²) in [6.07, 6.45) is 3.44. The van der Waals surface area contributed by atoms with Gasteiger partial charge in [-0.1, -0.05) is 17.7 Å². The molecule has 2 aliphatic heterocycles. The van der Waals surface area contributed by atoms with E-state index in [1.54, 1.807) is 0 Å². The van der Waals surface area contributed by atoms with Gasteiger partial charge in [0.25, 0.3) is 5.91 Å². The first-order chi connectivity index (χ1) is 15.1. The van der Waals surface area contributed by atoms with E-state index >= 15 is 0 Å². The van der Waals surface area contributed by atoms with Crippen molar-refractivity contribution in [3.63, 3.8) is 0 Å². The van der Waals surface area contributed by atoms with Crippen LogP contribution in [0.2, 0.25) is 0 Å². The fraction of sp³-hybridized carbons (Fsp3) is 0.522. The summed E-state index contributed by atoms with van der Waals surface area (Å²) < 4.78 is 5.77. The third-order valence-electron chi connectivity index (χ3n) is 5.88. The third-order valence-corrected chi connectivity index (χ3v) is 6.70. The molecule has 0 atom stereocenters. The number of hydrogen-bond acceptors (Lipinski definition) is 6. The number of amides is 2. The Morgan fingerprint density at radius 1 is 0.968 bits per heavy atom. The van der Waals surface area contributed by atoms with Crippen LogP contribution in [0.5, 0.6) is 5.75 Å². The van der Waals surface area contributed by atoms with E-state index in [9.17, 15) is 9.59 Å². The highest BCUT2D eigenvalue weighted by Crippen LogP contribution is 2.18. The molecule has 0 saturated carbocycles. The predicted octanol–water partition coefficient (Wildman–Crippen LogP) is 2.80. The smallest absolute Gasteiger partial charge is 0.273 e. The van der Waals surface area contributed by atoms with E-state index in [1.807, 2.05) is 46.4 Å². The minimum atomic E-state index is -0.0418. The molecule has 2 saturated heterocycles. The van der Waals surface area contributed by atoms with Crippen LogP contribution in [0.4, 0.5) is 0 Å². The maximum absolute atomic E-state index is 12.8. The molecule has 0 spiro atoms. The number of aryl methyl sites for hydroxylation is 1. The van der Waals surface area contributed by atoms with Gasteiger partial charge in [-0.3, -0.25) is 14.5 Å². The summed E-state index contributed by atoms with van der Waals surface area (Å²) in [5, 5.41) is 2.59. The van der Waals surface area contributed by atoms with Gasteiger partial charge in [0.05, 0.1) is 6.54 Å². The number of aromatic nitrogens is 1. The molecule has 7 nitrogen and oxygen atoms in total. The van der Waals surface area contributed by atoms with E-state index in [0.29, 0.717) is 31.9 Å². The zero-order chi connectivity index (χ0) is 21.6. The number of piperidine rings is 1. The van der Waals surface area contributed by atoms with E-state index in [0.717, 1.165) is 49.8 Å². The van der Waals surface area contributed by atoms with Crippen molar-refractivity contribution in [3.8, 4) is 5.75 Å². The van der Waals surface area contributed by atoms with Gasteiger partial charge in [-0.15, -0.1) is 11.3 Å². The van der Waals surface area contributed by atoms with Crippen molar-refractivity contribution in [2.75, 3.05) is 45.8 Å². The van der Waals surface area contributed by atoms with Crippen molar-refractivity contribution in [2.45, 2.75) is 32.8 Å². The monoisotopic (exact) mass is 442 g/mol. The van der Waals surface area contributed by atoms with Gasteiger partial charge in [0.15, 0.2) is 0 Å². The fourth-order valence-corrected chi connectivity index (χ4v) is 4.64. The second-order valence-corrected chi connectivity index (χ2v) is 9.18. The molecular weight excluding hydrogens is 412 g/mol. The van der Waals surface area contributed by atoms with Crippen LogP contribution in [0, 0.1) is 6.92 Å². The molecule has 1 aromatic carbocycles. The molecule has 3 heterocycles. The Balaban J connectivity index is 1.23. The second-order valence-electron chi connectivity index (χ2n) is 8.24. The zero-order valence-electron chi connectivity index (χ0n) is 18.1. The molecule has 31 heavy (non-hydrogen) atoms. The van der Waals surface area contributed by atoms with Crippen molar-refractivity contribution >= 4 is 23.2 Å². The molecule has 1 aromatic heterocycles. The molecule has 0 unspecified atom stereocenters. The quantitative estimate of drug-likeness (QED) is 0.688. The first-order valence-electron chi connectivity index (χ1n) is 11.0. The molecule has 4 rings (SSSR count). The second kappa shape index (κ2) is 10.2. The van der Waals surface area contributed by atoms with Crippen molar-refractivity contribution in [1.82, 2.24) is 19.7 Å². The lowest BCUT2D eigenvalue weighted by Crippen LogP contribution is -2.52. The van der Waals surface area contributed by atoms with Gasteiger partial charge in [-0.2, -0.15) is 0 Å². The molecule has 0 radical (unpaired) electrons. The van der Waals surface area contributed by atoms with Crippen LogP contribution >= 0.6 is 11.3 Å². The number of thiazole rings is 1. The Morgan fingerprint density at radius 3 is 2.39 bits per heavy atom. The van der Waals surface area contributed by atoms with E-state index in [4.69, 9.17) is 4.74 Å². The Hall–Kier alpha value is -2.45. The summed E-state index contributed by atoms with van der Waals surface area (Å²) in [5.74, 6) is 0.973. The molecule has 2 aromatic rings. The fourth-order valence-electron chi connectivity index (χ4n) is 3.96. The maximum atomic E-state index is 12.8. The van der Waals surface area contributed by atoms with Crippen molar-refractivity contribution < 1.29 is 14.3 Å². The molecular formula is C23H30N4O3S. The zero-order valence-corrected chi connectivity index (χ0v) is 18.9. The number of nitrogens with zero attached hydrogens (tertiary/aromatic N) is 4. The van der Waals surface area contributed by atoms with Crippen LogP contribution in [0.15, 0.2) is 29.6 Å². The summed E-state index contributed by atoms with van der Waals surface area (Å²) in [6.45, 7) is 7.31. The van der Waals surface area contributed by atoms with Gasteiger partial charge in [-0.05, 0) is 38.3 Å². The van der Waals surface area contributed by atoms with Crippen LogP contribution in [-0.4, -0.2) is 77.3 Å². The lowest BCUT2D eigenvalue weighted by Gasteiger charge is -2.35.